The Kier molecular flexibility index (Phi) is 6.24. The molecule has 0 bridgehead atoms. The highest BCUT2D eigenvalue weighted by molar-refractivity contribution is 7.90. The number of rotatable bonds is 7. The van der Waals surface area contributed by atoms with Crippen LogP contribution in [0.4, 0.5) is 0 Å². The lowest BCUT2D eigenvalue weighted by molar-refractivity contribution is 0.0709. The second-order valence-corrected chi connectivity index (χ2v) is 9.96. The van der Waals surface area contributed by atoms with Crippen LogP contribution in [0.3, 0.4) is 0 Å². The topological polar surface area (TPSA) is 76.8 Å². The number of benzene rings is 3. The molecule has 7 heteroatoms. The molecule has 6 nitrogen and oxygen atoms in total. The van der Waals surface area contributed by atoms with Crippen molar-refractivity contribution in [2.45, 2.75) is 24.5 Å². The number of para-hydroxylation sites is 2. The summed E-state index contributed by atoms with van der Waals surface area (Å²) < 4.78 is 35.4. The molecule has 0 aliphatic carbocycles. The van der Waals surface area contributed by atoms with Crippen molar-refractivity contribution in [3.63, 3.8) is 0 Å². The number of nitrogens with zero attached hydrogens (tertiary/aromatic N) is 1. The van der Waals surface area contributed by atoms with Crippen LogP contribution in [0.1, 0.15) is 34.6 Å². The highest BCUT2D eigenvalue weighted by atomic mass is 32.2. The minimum atomic E-state index is -3.28. The van der Waals surface area contributed by atoms with Crippen molar-refractivity contribution in [2.75, 3.05) is 13.3 Å². The first-order chi connectivity index (χ1) is 15.8. The zero-order valence-electron chi connectivity index (χ0n) is 18.7. The Morgan fingerprint density at radius 3 is 2.27 bits per heavy atom. The fourth-order valence-corrected chi connectivity index (χ4v) is 4.27. The van der Waals surface area contributed by atoms with Crippen LogP contribution >= 0.6 is 0 Å². The van der Waals surface area contributed by atoms with Crippen LogP contribution in [0, 0.1) is 0 Å². The molecule has 0 N–H and O–H groups in total. The van der Waals surface area contributed by atoms with E-state index in [4.69, 9.17) is 9.15 Å². The molecule has 4 aromatic rings. The van der Waals surface area contributed by atoms with Gasteiger partial charge < -0.3 is 14.1 Å². The lowest BCUT2D eigenvalue weighted by Gasteiger charge is -2.25. The van der Waals surface area contributed by atoms with E-state index in [-0.39, 0.29) is 29.2 Å². The molecule has 0 aliphatic rings. The van der Waals surface area contributed by atoms with Crippen LogP contribution in [0.2, 0.25) is 0 Å². The monoisotopic (exact) mass is 463 g/mol. The van der Waals surface area contributed by atoms with E-state index < -0.39 is 9.84 Å². The van der Waals surface area contributed by atoms with Gasteiger partial charge in [0.25, 0.3) is 5.91 Å². The number of furan rings is 1. The fourth-order valence-electron chi connectivity index (χ4n) is 3.64. The van der Waals surface area contributed by atoms with Crippen LogP contribution in [0.5, 0.6) is 5.75 Å². The summed E-state index contributed by atoms with van der Waals surface area (Å²) in [5.74, 6) is 0.653. The molecule has 0 radical (unpaired) electrons. The van der Waals surface area contributed by atoms with E-state index in [1.165, 1.54) is 6.26 Å². The number of hydrogen-bond acceptors (Lipinski definition) is 5. The van der Waals surface area contributed by atoms with Gasteiger partial charge in [-0.1, -0.05) is 48.5 Å². The van der Waals surface area contributed by atoms with Gasteiger partial charge in [0.2, 0.25) is 0 Å². The molecule has 0 fully saturated rings. The van der Waals surface area contributed by atoms with Gasteiger partial charge in [-0.3, -0.25) is 4.79 Å². The molecule has 33 heavy (non-hydrogen) atoms. The summed E-state index contributed by atoms with van der Waals surface area (Å²) in [6, 6.07) is 23.2. The third-order valence-electron chi connectivity index (χ3n) is 5.71. The van der Waals surface area contributed by atoms with Crippen LogP contribution in [-0.2, 0) is 16.4 Å². The van der Waals surface area contributed by atoms with Crippen LogP contribution in [-0.4, -0.2) is 32.5 Å². The SMILES string of the molecule is CC(c1ccc(S(C)(=O)=O)cc1)N(C)C(=O)c1oc2ccccc2c1COc1ccccc1. The zero-order chi connectivity index (χ0) is 23.6. The number of fused-ring (bicyclic) bond motifs is 1. The molecular formula is C26H25NO5S. The summed E-state index contributed by atoms with van der Waals surface area (Å²) in [5, 5.41) is 0.829. The molecule has 4 rings (SSSR count). The predicted molar refractivity (Wildman–Crippen MR) is 127 cm³/mol. The average Bonchev–Trinajstić information content (AvgIpc) is 3.20. The zero-order valence-corrected chi connectivity index (χ0v) is 19.5. The third-order valence-corrected chi connectivity index (χ3v) is 6.84. The molecule has 1 atom stereocenters. The van der Waals surface area contributed by atoms with Crippen LogP contribution < -0.4 is 4.74 Å². The molecule has 0 saturated heterocycles. The molecule has 3 aromatic carbocycles. The molecule has 170 valence electrons. The van der Waals surface area contributed by atoms with E-state index in [1.807, 2.05) is 61.5 Å². The predicted octanol–water partition coefficient (Wildman–Crippen LogP) is 5.25. The highest BCUT2D eigenvalue weighted by Crippen LogP contribution is 2.30. The highest BCUT2D eigenvalue weighted by Gasteiger charge is 2.27. The number of carbonyl (C=O) groups excluding carboxylic acids is 1. The van der Waals surface area contributed by atoms with Gasteiger partial charge in [0.05, 0.1) is 10.9 Å². The molecule has 0 saturated carbocycles. The Morgan fingerprint density at radius 2 is 1.61 bits per heavy atom. The summed E-state index contributed by atoms with van der Waals surface area (Å²) in [6.07, 6.45) is 1.17. The number of hydrogen-bond donors (Lipinski definition) is 0. The fraction of sp³-hybridized carbons (Fsp3) is 0.192. The van der Waals surface area contributed by atoms with Gasteiger partial charge in [0.15, 0.2) is 15.6 Å². The minimum Gasteiger partial charge on any atom is -0.489 e. The van der Waals surface area contributed by atoms with E-state index in [2.05, 4.69) is 0 Å². The third kappa shape index (κ3) is 4.78. The van der Waals surface area contributed by atoms with Gasteiger partial charge in [-0.15, -0.1) is 0 Å². The number of amides is 1. The van der Waals surface area contributed by atoms with E-state index in [0.29, 0.717) is 16.9 Å². The van der Waals surface area contributed by atoms with Crippen molar-refractivity contribution in [3.05, 3.63) is 95.7 Å². The molecule has 1 aromatic heterocycles. The maximum Gasteiger partial charge on any atom is 0.290 e. The van der Waals surface area contributed by atoms with Gasteiger partial charge >= 0.3 is 0 Å². The van der Waals surface area contributed by atoms with Gasteiger partial charge in [0, 0.05) is 24.3 Å². The lowest BCUT2D eigenvalue weighted by Crippen LogP contribution is -2.30. The van der Waals surface area contributed by atoms with Crippen molar-refractivity contribution in [2.24, 2.45) is 0 Å². The summed E-state index contributed by atoms with van der Waals surface area (Å²) >= 11 is 0. The molecule has 0 spiro atoms. The van der Waals surface area contributed by atoms with Crippen molar-refractivity contribution < 1.29 is 22.4 Å². The van der Waals surface area contributed by atoms with Gasteiger partial charge in [-0.2, -0.15) is 0 Å². The standard InChI is InChI=1S/C26H25NO5S/c1-18(19-13-15-21(16-14-19)33(3,29)30)27(2)26(28)25-23(17-31-20-9-5-4-6-10-20)22-11-7-8-12-24(22)32-25/h4-16,18H,17H2,1-3H3. The normalized spacial score (nSPS) is 12.5. The van der Waals surface area contributed by atoms with Crippen molar-refractivity contribution in [1.82, 2.24) is 4.90 Å². The largest absolute Gasteiger partial charge is 0.489 e. The van der Waals surface area contributed by atoms with Gasteiger partial charge in [0.1, 0.15) is 17.9 Å². The molecule has 0 aliphatic heterocycles. The number of sulfone groups is 1. The Balaban J connectivity index is 1.62. The minimum absolute atomic E-state index is 0.188. The molecule has 1 amide bonds. The molecule has 1 heterocycles. The Hall–Kier alpha value is -3.58. The van der Waals surface area contributed by atoms with Gasteiger partial charge in [-0.05, 0) is 42.8 Å². The number of carbonyl (C=O) groups is 1. The quantitative estimate of drug-likeness (QED) is 0.374. The van der Waals surface area contributed by atoms with Crippen LogP contribution in [0.15, 0.2) is 88.2 Å². The average molecular weight is 464 g/mol. The smallest absolute Gasteiger partial charge is 0.290 e. The summed E-state index contributed by atoms with van der Waals surface area (Å²) in [7, 11) is -1.58. The molecular weight excluding hydrogens is 438 g/mol. The first-order valence-corrected chi connectivity index (χ1v) is 12.4. The first kappa shape index (κ1) is 22.6. The van der Waals surface area contributed by atoms with Crippen molar-refractivity contribution >= 4 is 26.7 Å². The Labute approximate surface area is 193 Å². The molecule has 1 unspecified atom stereocenters. The second-order valence-electron chi connectivity index (χ2n) is 7.94. The maximum absolute atomic E-state index is 13.5. The Bertz CT molecular complexity index is 1380. The summed E-state index contributed by atoms with van der Waals surface area (Å²) in [4.78, 5) is 15.3. The van der Waals surface area contributed by atoms with Crippen LogP contribution in [0.25, 0.3) is 11.0 Å². The second kappa shape index (κ2) is 9.11. The maximum atomic E-state index is 13.5. The van der Waals surface area contributed by atoms with E-state index in [1.54, 1.807) is 36.2 Å². The van der Waals surface area contributed by atoms with Crippen molar-refractivity contribution in [3.8, 4) is 5.75 Å². The number of ether oxygens (including phenoxy) is 1. The van der Waals surface area contributed by atoms with E-state index in [0.717, 1.165) is 10.9 Å². The first-order valence-electron chi connectivity index (χ1n) is 10.5. The Morgan fingerprint density at radius 1 is 0.970 bits per heavy atom. The van der Waals surface area contributed by atoms with Crippen molar-refractivity contribution in [1.29, 1.82) is 0 Å². The summed E-state index contributed by atoms with van der Waals surface area (Å²) in [5.41, 5.74) is 2.12. The summed E-state index contributed by atoms with van der Waals surface area (Å²) in [6.45, 7) is 2.07. The van der Waals surface area contributed by atoms with Gasteiger partial charge in [-0.25, -0.2) is 8.42 Å². The van der Waals surface area contributed by atoms with E-state index in [9.17, 15) is 13.2 Å². The van der Waals surface area contributed by atoms with E-state index >= 15 is 0 Å². The lowest BCUT2D eigenvalue weighted by atomic mass is 10.1.